The predicted molar refractivity (Wildman–Crippen MR) is 36.2 cm³/mol. The van der Waals surface area contributed by atoms with Gasteiger partial charge in [0.15, 0.2) is 0 Å². The van der Waals surface area contributed by atoms with Crippen LogP contribution in [-0.2, 0) is 0 Å². The number of nitrogens with zero attached hydrogens (tertiary/aromatic N) is 1. The number of hydrogen-bond acceptors (Lipinski definition) is 3. The standard InChI is InChI=1S/C6H7NO.Li.2H2O/c1-5-2-3-7-4-6(5)8;;;/h2-4,8H,1H3;;2*1H2/q;+1;;/p-1. The van der Waals surface area contributed by atoms with Crippen LogP contribution in [0, 0.1) is 6.92 Å². The van der Waals surface area contributed by atoms with Crippen LogP contribution in [0.3, 0.4) is 0 Å². The molecule has 0 aliphatic rings. The second kappa shape index (κ2) is 7.57. The second-order valence-corrected chi connectivity index (χ2v) is 1.66. The van der Waals surface area contributed by atoms with Crippen LogP contribution in [0.2, 0.25) is 0 Å². The predicted octanol–water partition coefficient (Wildman–Crippen LogP) is -2.90. The van der Waals surface area contributed by atoms with Gasteiger partial charge in [0, 0.05) is 6.20 Å². The van der Waals surface area contributed by atoms with E-state index >= 15 is 0 Å². The van der Waals surface area contributed by atoms with Crippen molar-refractivity contribution in [2.75, 3.05) is 0 Å². The summed E-state index contributed by atoms with van der Waals surface area (Å²) >= 11 is 0. The summed E-state index contributed by atoms with van der Waals surface area (Å²) in [6, 6.07) is 1.76. The Morgan fingerprint density at radius 1 is 1.45 bits per heavy atom. The van der Waals surface area contributed by atoms with Crippen LogP contribution in [-0.4, -0.2) is 21.0 Å². The number of aryl methyl sites for hydroxylation is 1. The van der Waals surface area contributed by atoms with E-state index in [2.05, 4.69) is 4.98 Å². The summed E-state index contributed by atoms with van der Waals surface area (Å²) in [4.78, 5) is 3.70. The van der Waals surface area contributed by atoms with E-state index in [4.69, 9.17) is 5.11 Å². The van der Waals surface area contributed by atoms with E-state index in [9.17, 15) is 0 Å². The fraction of sp³-hybridized carbons (Fsp3) is 0.167. The minimum absolute atomic E-state index is 0. The third kappa shape index (κ3) is 4.82. The zero-order chi connectivity index (χ0) is 5.98. The topological polar surface area (TPSA) is 94.6 Å². The van der Waals surface area contributed by atoms with E-state index in [-0.39, 0.29) is 35.6 Å². The van der Waals surface area contributed by atoms with Crippen molar-refractivity contribution in [2.24, 2.45) is 0 Å². The molecule has 5 heteroatoms. The molecule has 1 rings (SSSR count). The number of aromatic hydroxyl groups is 1. The number of hydrogen-bond donors (Lipinski definition) is 1. The largest absolute Gasteiger partial charge is 1.00 e. The summed E-state index contributed by atoms with van der Waals surface area (Å²) in [6.07, 6.45) is 3.07. The van der Waals surface area contributed by atoms with Gasteiger partial charge in [0.2, 0.25) is 0 Å². The van der Waals surface area contributed by atoms with Gasteiger partial charge in [0.25, 0.3) is 0 Å². The molecule has 0 aliphatic carbocycles. The van der Waals surface area contributed by atoms with E-state index in [0.717, 1.165) is 5.56 Å². The van der Waals surface area contributed by atoms with Crippen LogP contribution >= 0.6 is 0 Å². The van der Waals surface area contributed by atoms with E-state index in [1.807, 2.05) is 6.92 Å². The van der Waals surface area contributed by atoms with Gasteiger partial charge >= 0.3 is 18.9 Å². The van der Waals surface area contributed by atoms with Gasteiger partial charge in [-0.1, -0.05) is 0 Å². The first-order chi connectivity index (χ1) is 3.80. The maximum atomic E-state index is 8.86. The van der Waals surface area contributed by atoms with E-state index in [1.54, 1.807) is 12.3 Å². The fourth-order valence-electron chi connectivity index (χ4n) is 0.456. The summed E-state index contributed by atoms with van der Waals surface area (Å²) in [6.45, 7) is 1.83. The van der Waals surface area contributed by atoms with Gasteiger partial charge in [-0.15, -0.1) is 0 Å². The monoisotopic (exact) mass is 151 g/mol. The van der Waals surface area contributed by atoms with Gasteiger partial charge in [-0.3, -0.25) is 4.98 Å². The molecule has 0 aliphatic heterocycles. The smallest absolute Gasteiger partial charge is 0.870 e. The van der Waals surface area contributed by atoms with Gasteiger partial charge in [-0.2, -0.15) is 0 Å². The molecular formula is C6H10LiNO3. The summed E-state index contributed by atoms with van der Waals surface area (Å²) in [5.41, 5.74) is 0.861. The van der Waals surface area contributed by atoms with E-state index in [1.165, 1.54) is 6.20 Å². The fourth-order valence-corrected chi connectivity index (χ4v) is 0.456. The molecular weight excluding hydrogens is 141 g/mol. The van der Waals surface area contributed by atoms with Crippen molar-refractivity contribution in [3.8, 4) is 5.75 Å². The van der Waals surface area contributed by atoms with Crippen molar-refractivity contribution >= 4 is 0 Å². The van der Waals surface area contributed by atoms with Crippen molar-refractivity contribution in [3.05, 3.63) is 24.0 Å². The van der Waals surface area contributed by atoms with Crippen molar-refractivity contribution in [2.45, 2.75) is 6.92 Å². The molecule has 1 aromatic rings. The molecule has 1 heterocycles. The first-order valence-electron chi connectivity index (χ1n) is 2.40. The van der Waals surface area contributed by atoms with E-state index < -0.39 is 0 Å². The van der Waals surface area contributed by atoms with Crippen molar-refractivity contribution in [3.63, 3.8) is 0 Å². The molecule has 0 saturated heterocycles. The van der Waals surface area contributed by atoms with Crippen LogP contribution < -0.4 is 18.9 Å². The molecule has 0 saturated carbocycles. The van der Waals surface area contributed by atoms with Crippen LogP contribution in [0.4, 0.5) is 0 Å². The minimum atomic E-state index is 0. The van der Waals surface area contributed by atoms with Gasteiger partial charge in [-0.25, -0.2) is 0 Å². The third-order valence-electron chi connectivity index (χ3n) is 1.01. The maximum Gasteiger partial charge on any atom is 1.00 e. The molecule has 0 radical (unpaired) electrons. The summed E-state index contributed by atoms with van der Waals surface area (Å²) in [7, 11) is 0. The number of aromatic nitrogens is 1. The zero-order valence-electron chi connectivity index (χ0n) is 6.57. The Balaban J connectivity index is -0.000000213. The quantitative estimate of drug-likeness (QED) is 0.403. The number of pyridine rings is 1. The molecule has 4 N–H and O–H groups in total. The molecule has 4 nitrogen and oxygen atoms in total. The summed E-state index contributed by atoms with van der Waals surface area (Å²) in [5, 5.41) is 8.86. The Hall–Kier alpha value is -0.533. The van der Waals surface area contributed by atoms with Gasteiger partial charge in [0.05, 0.1) is 6.20 Å². The molecule has 58 valence electrons. The van der Waals surface area contributed by atoms with Gasteiger partial charge in [-0.05, 0) is 18.6 Å². The Kier molecular flexibility index (Phi) is 11.6. The zero-order valence-corrected chi connectivity index (χ0v) is 6.57. The molecule has 0 amide bonds. The average molecular weight is 151 g/mol. The molecule has 0 aromatic carbocycles. The maximum absolute atomic E-state index is 8.86. The molecule has 0 fully saturated rings. The molecule has 11 heavy (non-hydrogen) atoms. The Morgan fingerprint density at radius 3 is 2.27 bits per heavy atom. The average Bonchev–Trinajstić information content (AvgIpc) is 1.77. The van der Waals surface area contributed by atoms with Crippen LogP contribution in [0.15, 0.2) is 18.5 Å². The molecule has 0 bridgehead atoms. The van der Waals surface area contributed by atoms with Crippen LogP contribution in [0.1, 0.15) is 5.56 Å². The Labute approximate surface area is 77.1 Å². The third-order valence-corrected chi connectivity index (χ3v) is 1.01. The molecule has 0 unspecified atom stereocenters. The summed E-state index contributed by atoms with van der Waals surface area (Å²) < 4.78 is 0. The molecule has 0 spiro atoms. The minimum Gasteiger partial charge on any atom is -0.870 e. The summed E-state index contributed by atoms with van der Waals surface area (Å²) in [5.74, 6) is 0.257. The first kappa shape index (κ1) is 16.8. The van der Waals surface area contributed by atoms with Gasteiger partial charge < -0.3 is 16.1 Å². The van der Waals surface area contributed by atoms with Crippen LogP contribution in [0.5, 0.6) is 5.75 Å². The second-order valence-electron chi connectivity index (χ2n) is 1.66. The van der Waals surface area contributed by atoms with Crippen LogP contribution in [0.25, 0.3) is 0 Å². The molecule has 1 aromatic heterocycles. The van der Waals surface area contributed by atoms with E-state index in [0.29, 0.717) is 0 Å². The molecule has 0 atom stereocenters. The number of rotatable bonds is 0. The van der Waals surface area contributed by atoms with Crippen molar-refractivity contribution in [1.29, 1.82) is 0 Å². The SMILES string of the molecule is Cc1ccncc1O.O.[Li+].[OH-]. The van der Waals surface area contributed by atoms with Crippen molar-refractivity contribution < 1.29 is 34.9 Å². The van der Waals surface area contributed by atoms with Gasteiger partial charge in [0.1, 0.15) is 5.75 Å². The Bertz CT molecular complexity index is 174. The Morgan fingerprint density at radius 2 is 2.00 bits per heavy atom. The van der Waals surface area contributed by atoms with Crippen molar-refractivity contribution in [1.82, 2.24) is 4.98 Å². The first-order valence-corrected chi connectivity index (χ1v) is 2.40. The normalized spacial score (nSPS) is 6.64.